The van der Waals surface area contributed by atoms with E-state index in [0.717, 1.165) is 34.4 Å². The molecule has 1 aliphatic heterocycles. The van der Waals surface area contributed by atoms with Gasteiger partial charge in [0.25, 0.3) is 5.89 Å². The Labute approximate surface area is 209 Å². The molecule has 0 saturated carbocycles. The van der Waals surface area contributed by atoms with Gasteiger partial charge in [0.1, 0.15) is 0 Å². The van der Waals surface area contributed by atoms with E-state index in [-0.39, 0.29) is 6.03 Å². The highest BCUT2D eigenvalue weighted by Crippen LogP contribution is 2.39. The largest absolute Gasteiger partial charge is 0.334 e. The lowest BCUT2D eigenvalue weighted by molar-refractivity contribution is 0.244. The van der Waals surface area contributed by atoms with Crippen molar-refractivity contribution in [2.45, 2.75) is 33.2 Å². The smallest absolute Gasteiger partial charge is 0.326 e. The maximum absolute atomic E-state index is 13.3. The van der Waals surface area contributed by atoms with Gasteiger partial charge < -0.3 is 9.84 Å². The molecular formula is C28H25ClN4O2. The number of anilines is 1. The molecule has 0 aliphatic carbocycles. The van der Waals surface area contributed by atoms with E-state index >= 15 is 0 Å². The summed E-state index contributed by atoms with van der Waals surface area (Å²) in [4.78, 5) is 19.7. The highest BCUT2D eigenvalue weighted by atomic mass is 35.5. The lowest BCUT2D eigenvalue weighted by atomic mass is 9.94. The van der Waals surface area contributed by atoms with Crippen molar-refractivity contribution in [1.29, 1.82) is 0 Å². The maximum Gasteiger partial charge on any atom is 0.326 e. The molecule has 0 spiro atoms. The lowest BCUT2D eigenvalue weighted by Crippen LogP contribution is -2.46. The summed E-state index contributed by atoms with van der Waals surface area (Å²) in [6.45, 7) is 6.03. The minimum atomic E-state index is -0.475. The van der Waals surface area contributed by atoms with Crippen molar-refractivity contribution in [3.8, 4) is 11.4 Å². The van der Waals surface area contributed by atoms with Crippen LogP contribution in [-0.2, 0) is 6.42 Å². The number of benzene rings is 3. The van der Waals surface area contributed by atoms with Gasteiger partial charge in [0.2, 0.25) is 5.82 Å². The minimum absolute atomic E-state index is 0.232. The van der Waals surface area contributed by atoms with Crippen LogP contribution in [0.25, 0.3) is 17.0 Å². The van der Waals surface area contributed by atoms with Gasteiger partial charge in [-0.3, -0.25) is 4.90 Å². The summed E-state index contributed by atoms with van der Waals surface area (Å²) in [5, 5.41) is 7.99. The summed E-state index contributed by atoms with van der Waals surface area (Å²) in [5.74, 6) is 0.853. The van der Waals surface area contributed by atoms with E-state index in [1.807, 2.05) is 62.4 Å². The number of aryl methyl sites for hydroxylation is 2. The van der Waals surface area contributed by atoms with Gasteiger partial charge in [0, 0.05) is 16.3 Å². The highest BCUT2D eigenvalue weighted by molar-refractivity contribution is 6.30. The number of nitrogens with one attached hydrogen (secondary N) is 1. The molecule has 6 nitrogen and oxygen atoms in total. The predicted octanol–water partition coefficient (Wildman–Crippen LogP) is 6.96. The summed E-state index contributed by atoms with van der Waals surface area (Å²) < 4.78 is 5.78. The topological polar surface area (TPSA) is 71.3 Å². The first kappa shape index (κ1) is 22.9. The summed E-state index contributed by atoms with van der Waals surface area (Å²) in [6.07, 6.45) is 0.959. The van der Waals surface area contributed by atoms with Gasteiger partial charge in [-0.25, -0.2) is 4.79 Å². The monoisotopic (exact) mass is 484 g/mol. The molecule has 1 unspecified atom stereocenters. The molecule has 5 rings (SSSR count). The second kappa shape index (κ2) is 9.39. The van der Waals surface area contributed by atoms with Gasteiger partial charge >= 0.3 is 6.03 Å². The second-order valence-electron chi connectivity index (χ2n) is 8.58. The molecule has 2 amide bonds. The van der Waals surface area contributed by atoms with E-state index in [1.54, 1.807) is 17.0 Å². The molecule has 1 N–H and O–H groups in total. The molecule has 176 valence electrons. The highest BCUT2D eigenvalue weighted by Gasteiger charge is 2.36. The zero-order chi connectivity index (χ0) is 24.5. The van der Waals surface area contributed by atoms with E-state index in [2.05, 4.69) is 29.5 Å². The molecule has 1 aliphatic rings. The van der Waals surface area contributed by atoms with E-state index in [4.69, 9.17) is 21.1 Å². The van der Waals surface area contributed by atoms with Crippen molar-refractivity contribution < 1.29 is 9.32 Å². The Kier molecular flexibility index (Phi) is 6.14. The number of carbonyl (C=O) groups excluding carboxylic acids is 1. The number of allylic oxidation sites excluding steroid dienone is 1. The van der Waals surface area contributed by atoms with Gasteiger partial charge in [-0.1, -0.05) is 77.8 Å². The molecular weight excluding hydrogens is 460 g/mol. The number of hydrogen-bond donors (Lipinski definition) is 1. The van der Waals surface area contributed by atoms with Crippen LogP contribution in [-0.4, -0.2) is 16.2 Å². The van der Waals surface area contributed by atoms with Gasteiger partial charge in [0.05, 0.1) is 17.3 Å². The van der Waals surface area contributed by atoms with Crippen LogP contribution in [0.4, 0.5) is 10.5 Å². The molecule has 0 bridgehead atoms. The Balaban J connectivity index is 1.62. The molecule has 2 heterocycles. The summed E-state index contributed by atoms with van der Waals surface area (Å²) in [6, 6.07) is 22.6. The SMILES string of the molecule is CCc1ccc(-c2noc(C3=C(C)N(c4ccc(C)cc4)C(=O)NC3c3ccc(Cl)cc3)n2)cc1. The van der Waals surface area contributed by atoms with Crippen LogP contribution in [0.5, 0.6) is 0 Å². The van der Waals surface area contributed by atoms with E-state index in [9.17, 15) is 4.79 Å². The van der Waals surface area contributed by atoms with E-state index in [0.29, 0.717) is 22.4 Å². The first-order chi connectivity index (χ1) is 16.9. The Morgan fingerprint density at radius 3 is 2.31 bits per heavy atom. The molecule has 1 aromatic heterocycles. The molecule has 35 heavy (non-hydrogen) atoms. The number of aromatic nitrogens is 2. The van der Waals surface area contributed by atoms with Crippen molar-refractivity contribution in [1.82, 2.24) is 15.5 Å². The number of hydrogen-bond acceptors (Lipinski definition) is 4. The first-order valence-electron chi connectivity index (χ1n) is 11.5. The molecule has 0 radical (unpaired) electrons. The third kappa shape index (κ3) is 4.45. The van der Waals surface area contributed by atoms with E-state index in [1.165, 1.54) is 5.56 Å². The molecule has 7 heteroatoms. The molecule has 0 saturated heterocycles. The van der Waals surface area contributed by atoms with Gasteiger partial charge in [-0.2, -0.15) is 4.98 Å². The quantitative estimate of drug-likeness (QED) is 0.332. The van der Waals surface area contributed by atoms with Crippen LogP contribution in [0.3, 0.4) is 0 Å². The second-order valence-corrected chi connectivity index (χ2v) is 9.01. The van der Waals surface area contributed by atoms with Crippen molar-refractivity contribution in [2.24, 2.45) is 0 Å². The summed E-state index contributed by atoms with van der Waals surface area (Å²) in [7, 11) is 0. The fourth-order valence-corrected chi connectivity index (χ4v) is 4.40. The summed E-state index contributed by atoms with van der Waals surface area (Å²) in [5.41, 5.74) is 6.30. The predicted molar refractivity (Wildman–Crippen MR) is 138 cm³/mol. The average molecular weight is 485 g/mol. The standard InChI is InChI=1S/C28H25ClN4O2/c1-4-19-7-9-21(10-8-19)26-31-27(35-32-26)24-18(3)33(23-15-5-17(2)6-16-23)28(34)30-25(24)20-11-13-22(29)14-12-20/h5-16,25H,4H2,1-3H3,(H,30,34). The maximum atomic E-state index is 13.3. The summed E-state index contributed by atoms with van der Waals surface area (Å²) >= 11 is 6.12. The number of urea groups is 1. The first-order valence-corrected chi connectivity index (χ1v) is 11.9. The number of carbonyl (C=O) groups is 1. The Hall–Kier alpha value is -3.90. The van der Waals surface area contributed by atoms with Crippen molar-refractivity contribution in [2.75, 3.05) is 4.90 Å². The Bertz CT molecular complexity index is 1390. The Morgan fingerprint density at radius 2 is 1.66 bits per heavy atom. The number of nitrogens with zero attached hydrogens (tertiary/aromatic N) is 3. The molecule has 4 aromatic rings. The number of amides is 2. The van der Waals surface area contributed by atoms with E-state index < -0.39 is 6.04 Å². The molecule has 0 fully saturated rings. The van der Waals surface area contributed by atoms with Crippen LogP contribution in [0, 0.1) is 6.92 Å². The van der Waals surface area contributed by atoms with Crippen LogP contribution in [0.2, 0.25) is 5.02 Å². The molecule has 1 atom stereocenters. The lowest BCUT2D eigenvalue weighted by Gasteiger charge is -2.35. The van der Waals surface area contributed by atoms with Crippen molar-refractivity contribution in [3.63, 3.8) is 0 Å². The zero-order valence-electron chi connectivity index (χ0n) is 19.7. The van der Waals surface area contributed by atoms with Gasteiger partial charge in [-0.05, 0) is 55.7 Å². The van der Waals surface area contributed by atoms with Crippen LogP contribution >= 0.6 is 11.6 Å². The fourth-order valence-electron chi connectivity index (χ4n) is 4.27. The van der Waals surface area contributed by atoms with Crippen molar-refractivity contribution in [3.05, 3.63) is 106 Å². The minimum Gasteiger partial charge on any atom is -0.334 e. The van der Waals surface area contributed by atoms with Gasteiger partial charge in [0.15, 0.2) is 0 Å². The third-order valence-corrected chi connectivity index (χ3v) is 6.51. The van der Waals surface area contributed by atoms with Crippen LogP contribution in [0.15, 0.2) is 83.0 Å². The third-order valence-electron chi connectivity index (χ3n) is 6.26. The van der Waals surface area contributed by atoms with Gasteiger partial charge in [-0.15, -0.1) is 0 Å². The number of halogens is 1. The Morgan fingerprint density at radius 1 is 0.971 bits per heavy atom. The zero-order valence-corrected chi connectivity index (χ0v) is 20.5. The normalized spacial score (nSPS) is 15.9. The van der Waals surface area contributed by atoms with Crippen LogP contribution in [0.1, 0.15) is 42.5 Å². The fraction of sp³-hybridized carbons (Fsp3) is 0.179. The number of rotatable bonds is 5. The average Bonchev–Trinajstić information content (AvgIpc) is 3.35. The van der Waals surface area contributed by atoms with Crippen molar-refractivity contribution >= 4 is 28.9 Å². The molecule has 3 aromatic carbocycles. The van der Waals surface area contributed by atoms with Crippen LogP contribution < -0.4 is 10.2 Å².